The van der Waals surface area contributed by atoms with Crippen LogP contribution in [-0.2, 0) is 13.1 Å². The van der Waals surface area contributed by atoms with Crippen molar-refractivity contribution in [3.05, 3.63) is 82.6 Å². The normalized spacial score (nSPS) is 24.0. The smallest absolute Gasteiger partial charge is 0.107 e. The van der Waals surface area contributed by atoms with Gasteiger partial charge in [-0.2, -0.15) is 0 Å². The first-order valence-electron chi connectivity index (χ1n) is 9.72. The third kappa shape index (κ3) is 2.97. The highest BCUT2D eigenvalue weighted by Gasteiger charge is 2.65. The number of likely N-dealkylation sites (tertiary alicyclic amines) is 2. The van der Waals surface area contributed by atoms with E-state index in [9.17, 15) is 5.11 Å². The highest BCUT2D eigenvalue weighted by atomic mass is 32.1. The summed E-state index contributed by atoms with van der Waals surface area (Å²) in [7, 11) is 0. The van der Waals surface area contributed by atoms with Crippen molar-refractivity contribution in [3.8, 4) is 0 Å². The Balaban J connectivity index is 1.41. The number of aromatic nitrogens is 2. The van der Waals surface area contributed by atoms with Crippen molar-refractivity contribution >= 4 is 11.3 Å². The monoisotopic (exact) mass is 392 g/mol. The Morgan fingerprint density at radius 1 is 1.07 bits per heavy atom. The molecular weight excluding hydrogens is 368 g/mol. The van der Waals surface area contributed by atoms with Crippen molar-refractivity contribution in [2.24, 2.45) is 0 Å². The van der Waals surface area contributed by atoms with Gasteiger partial charge in [-0.1, -0.05) is 36.4 Å². The van der Waals surface area contributed by atoms with E-state index in [1.165, 1.54) is 16.1 Å². The predicted molar refractivity (Wildman–Crippen MR) is 110 cm³/mol. The van der Waals surface area contributed by atoms with Gasteiger partial charge in [0.2, 0.25) is 0 Å². The molecule has 1 spiro atoms. The number of aliphatic hydroxyl groups is 1. The lowest BCUT2D eigenvalue weighted by Crippen LogP contribution is -2.83. The van der Waals surface area contributed by atoms with Crippen molar-refractivity contribution in [1.29, 1.82) is 0 Å². The van der Waals surface area contributed by atoms with Gasteiger partial charge in [-0.15, -0.1) is 11.3 Å². The minimum absolute atomic E-state index is 0.0713. The molecule has 4 heterocycles. The fraction of sp³-hybridized carbons (Fsp3) is 0.364. The number of hydrogen-bond donors (Lipinski definition) is 1. The van der Waals surface area contributed by atoms with Crippen molar-refractivity contribution in [1.82, 2.24) is 19.8 Å². The van der Waals surface area contributed by atoms with E-state index in [1.54, 1.807) is 11.3 Å². The Bertz CT molecular complexity index is 897. The maximum atomic E-state index is 10.2. The zero-order chi connectivity index (χ0) is 19.0. The number of hydrogen-bond acceptors (Lipinski definition) is 6. The lowest BCUT2D eigenvalue weighted by atomic mass is 9.60. The van der Waals surface area contributed by atoms with Crippen molar-refractivity contribution in [2.45, 2.75) is 30.6 Å². The highest BCUT2D eigenvalue weighted by Crippen LogP contribution is 2.54. The van der Waals surface area contributed by atoms with Crippen molar-refractivity contribution in [2.75, 3.05) is 19.7 Å². The van der Waals surface area contributed by atoms with Crippen LogP contribution in [0.2, 0.25) is 0 Å². The first kappa shape index (κ1) is 17.9. The second-order valence-corrected chi connectivity index (χ2v) is 8.78. The van der Waals surface area contributed by atoms with Crippen LogP contribution in [0.1, 0.15) is 22.1 Å². The summed E-state index contributed by atoms with van der Waals surface area (Å²) in [4.78, 5) is 13.7. The zero-order valence-electron chi connectivity index (χ0n) is 15.7. The largest absolute Gasteiger partial charge is 0.395 e. The average molecular weight is 393 g/mol. The molecule has 0 unspecified atom stereocenters. The summed E-state index contributed by atoms with van der Waals surface area (Å²) in [6, 6.07) is 14.9. The number of thiazole rings is 1. The quantitative estimate of drug-likeness (QED) is 0.699. The molecule has 0 aliphatic carbocycles. The van der Waals surface area contributed by atoms with Gasteiger partial charge < -0.3 is 5.11 Å². The van der Waals surface area contributed by atoms with Gasteiger partial charge in [-0.3, -0.25) is 14.8 Å². The van der Waals surface area contributed by atoms with Gasteiger partial charge in [-0.05, 0) is 17.2 Å². The number of pyridine rings is 1. The van der Waals surface area contributed by atoms with Crippen LogP contribution in [0.4, 0.5) is 0 Å². The molecule has 0 amide bonds. The Labute approximate surface area is 169 Å². The molecule has 2 aliphatic heterocycles. The average Bonchev–Trinajstić information content (AvgIpc) is 3.21. The lowest BCUT2D eigenvalue weighted by Gasteiger charge is -2.71. The maximum Gasteiger partial charge on any atom is 0.107 e. The molecule has 2 atom stereocenters. The summed E-state index contributed by atoms with van der Waals surface area (Å²) >= 11 is 1.72. The molecule has 28 heavy (non-hydrogen) atoms. The molecular formula is C22H24N4OS. The molecule has 3 aromatic rings. The topological polar surface area (TPSA) is 52.5 Å². The van der Waals surface area contributed by atoms with E-state index in [1.807, 2.05) is 30.0 Å². The van der Waals surface area contributed by atoms with Crippen LogP contribution >= 0.6 is 11.3 Å². The van der Waals surface area contributed by atoms with Crippen LogP contribution in [0.3, 0.4) is 0 Å². The maximum absolute atomic E-state index is 10.2. The van der Waals surface area contributed by atoms with Crippen LogP contribution in [0.5, 0.6) is 0 Å². The standard InChI is InChI=1S/C22H24N4OS/c27-14-19-21(18-6-2-1-3-7-18)22(26(19)12-17-5-4-8-23-11-17)15-25(16-22)13-20-24-9-10-28-20/h1-11,19,21,27H,12-16H2/t19-,21+/m1/s1. The summed E-state index contributed by atoms with van der Waals surface area (Å²) in [5.74, 6) is 0.350. The Kier molecular flexibility index (Phi) is 4.72. The van der Waals surface area contributed by atoms with E-state index < -0.39 is 0 Å². The summed E-state index contributed by atoms with van der Waals surface area (Å²) < 4.78 is 0. The summed E-state index contributed by atoms with van der Waals surface area (Å²) in [6.07, 6.45) is 5.62. The molecule has 2 aliphatic rings. The molecule has 0 radical (unpaired) electrons. The number of nitrogens with zero attached hydrogens (tertiary/aromatic N) is 4. The van der Waals surface area contributed by atoms with E-state index in [0.29, 0.717) is 5.92 Å². The molecule has 2 saturated heterocycles. The third-order valence-corrected chi connectivity index (χ3v) is 6.96. The molecule has 5 nitrogen and oxygen atoms in total. The van der Waals surface area contributed by atoms with Gasteiger partial charge in [0.15, 0.2) is 0 Å². The van der Waals surface area contributed by atoms with Gasteiger partial charge >= 0.3 is 0 Å². The van der Waals surface area contributed by atoms with Gasteiger partial charge in [0.05, 0.1) is 18.7 Å². The Morgan fingerprint density at radius 2 is 1.93 bits per heavy atom. The number of benzene rings is 1. The van der Waals surface area contributed by atoms with Crippen LogP contribution in [0.25, 0.3) is 0 Å². The van der Waals surface area contributed by atoms with E-state index in [4.69, 9.17) is 0 Å². The van der Waals surface area contributed by atoms with E-state index in [2.05, 4.69) is 56.2 Å². The second-order valence-electron chi connectivity index (χ2n) is 7.80. The Morgan fingerprint density at radius 3 is 2.61 bits per heavy atom. The van der Waals surface area contributed by atoms with Crippen molar-refractivity contribution < 1.29 is 5.11 Å². The molecule has 144 valence electrons. The van der Waals surface area contributed by atoms with E-state index >= 15 is 0 Å². The Hall–Kier alpha value is -2.12. The third-order valence-electron chi connectivity index (χ3n) is 6.19. The summed E-state index contributed by atoms with van der Waals surface area (Å²) in [6.45, 7) is 3.92. The lowest BCUT2D eigenvalue weighted by molar-refractivity contribution is -0.197. The van der Waals surface area contributed by atoms with E-state index in [0.717, 1.165) is 26.2 Å². The number of aliphatic hydroxyl groups excluding tert-OH is 1. The molecule has 0 saturated carbocycles. The second kappa shape index (κ2) is 7.37. The SMILES string of the molecule is OC[C@@H]1[C@H](c2ccccc2)C2(CN(Cc3nccs3)C2)N1Cc1cccnc1. The molecule has 6 heteroatoms. The van der Waals surface area contributed by atoms with Crippen LogP contribution in [0, 0.1) is 0 Å². The molecule has 1 aromatic carbocycles. The first-order chi connectivity index (χ1) is 13.8. The molecule has 0 bridgehead atoms. The molecule has 2 aromatic heterocycles. The summed E-state index contributed by atoms with van der Waals surface area (Å²) in [5, 5.41) is 13.4. The van der Waals surface area contributed by atoms with Gasteiger partial charge in [-0.25, -0.2) is 4.98 Å². The van der Waals surface area contributed by atoms with E-state index in [-0.39, 0.29) is 18.2 Å². The number of rotatable bonds is 6. The fourth-order valence-electron chi connectivity index (χ4n) is 5.07. The highest BCUT2D eigenvalue weighted by molar-refractivity contribution is 7.09. The molecule has 1 N–H and O–H groups in total. The fourth-order valence-corrected chi connectivity index (χ4v) is 5.72. The first-order valence-corrected chi connectivity index (χ1v) is 10.6. The van der Waals surface area contributed by atoms with Crippen LogP contribution in [-0.4, -0.2) is 56.2 Å². The minimum atomic E-state index is 0.0713. The van der Waals surface area contributed by atoms with Gasteiger partial charge in [0.25, 0.3) is 0 Å². The van der Waals surface area contributed by atoms with Gasteiger partial charge in [0.1, 0.15) is 5.01 Å². The van der Waals surface area contributed by atoms with Crippen LogP contribution in [0.15, 0.2) is 66.4 Å². The zero-order valence-corrected chi connectivity index (χ0v) is 16.5. The van der Waals surface area contributed by atoms with Crippen LogP contribution < -0.4 is 0 Å². The molecule has 2 fully saturated rings. The minimum Gasteiger partial charge on any atom is -0.395 e. The predicted octanol–water partition coefficient (Wildman–Crippen LogP) is 2.75. The van der Waals surface area contributed by atoms with Gasteiger partial charge in [0, 0.05) is 55.6 Å². The van der Waals surface area contributed by atoms with Crippen molar-refractivity contribution in [3.63, 3.8) is 0 Å². The summed E-state index contributed by atoms with van der Waals surface area (Å²) in [5.41, 5.74) is 2.60. The molecule has 5 rings (SSSR count).